The van der Waals surface area contributed by atoms with E-state index in [4.69, 9.17) is 4.74 Å². The van der Waals surface area contributed by atoms with Gasteiger partial charge in [-0.3, -0.25) is 9.36 Å². The van der Waals surface area contributed by atoms with Crippen molar-refractivity contribution in [2.24, 2.45) is 5.92 Å². The second kappa shape index (κ2) is 11.1. The summed E-state index contributed by atoms with van der Waals surface area (Å²) < 4.78 is 7.67. The van der Waals surface area contributed by atoms with Crippen LogP contribution >= 0.6 is 11.8 Å². The Bertz CT molecular complexity index is 1110. The van der Waals surface area contributed by atoms with Crippen molar-refractivity contribution in [3.63, 3.8) is 0 Å². The number of amides is 1. The van der Waals surface area contributed by atoms with Crippen LogP contribution in [0.2, 0.25) is 0 Å². The van der Waals surface area contributed by atoms with Crippen LogP contribution in [-0.4, -0.2) is 47.0 Å². The summed E-state index contributed by atoms with van der Waals surface area (Å²) in [5.41, 5.74) is 3.91. The molecule has 2 aromatic carbocycles. The van der Waals surface area contributed by atoms with Crippen molar-refractivity contribution in [2.75, 3.05) is 36.5 Å². The molecular weight excluding hydrogens is 446 g/mol. The van der Waals surface area contributed by atoms with Gasteiger partial charge in [0.1, 0.15) is 5.25 Å². The van der Waals surface area contributed by atoms with E-state index in [1.54, 1.807) is 0 Å². The molecule has 3 aromatic rings. The normalized spacial score (nSPS) is 14.9. The van der Waals surface area contributed by atoms with Gasteiger partial charge in [-0.05, 0) is 42.5 Å². The summed E-state index contributed by atoms with van der Waals surface area (Å²) in [7, 11) is 0. The molecule has 8 heteroatoms. The molecule has 1 amide bonds. The zero-order valence-electron chi connectivity index (χ0n) is 20.3. The molecule has 1 N–H and O–H groups in total. The Labute approximate surface area is 205 Å². The molecule has 0 radical (unpaired) electrons. The zero-order chi connectivity index (χ0) is 24.1. The number of nitrogens with one attached hydrogen (secondary N) is 1. The van der Waals surface area contributed by atoms with Crippen molar-refractivity contribution in [2.45, 2.75) is 44.6 Å². The van der Waals surface area contributed by atoms with E-state index in [-0.39, 0.29) is 5.91 Å². The Kier molecular flexibility index (Phi) is 7.90. The number of anilines is 2. The number of carbonyl (C=O) groups is 1. The maximum absolute atomic E-state index is 13.6. The number of thioether (sulfide) groups is 1. The summed E-state index contributed by atoms with van der Waals surface area (Å²) in [6, 6.07) is 16.0. The maximum Gasteiger partial charge on any atom is 0.242 e. The van der Waals surface area contributed by atoms with Gasteiger partial charge in [0, 0.05) is 25.3 Å². The van der Waals surface area contributed by atoms with Gasteiger partial charge in [0.25, 0.3) is 0 Å². The number of nitrogens with zero attached hydrogens (tertiary/aromatic N) is 4. The van der Waals surface area contributed by atoms with Crippen LogP contribution in [0.25, 0.3) is 0 Å². The third kappa shape index (κ3) is 5.80. The molecule has 1 aliphatic rings. The molecule has 4 rings (SSSR count). The van der Waals surface area contributed by atoms with Crippen molar-refractivity contribution < 1.29 is 9.53 Å². The second-order valence-corrected chi connectivity index (χ2v) is 10.2. The van der Waals surface area contributed by atoms with Crippen LogP contribution in [0, 0.1) is 19.8 Å². The molecule has 0 aliphatic carbocycles. The standard InChI is InChI=1S/C26H33N5O2S/c1-18(2)17-31-25(30-12-14-33-15-13-30)28-29-26(31)34-23(21-8-6-5-7-9-21)24(32)27-22-16-19(3)10-11-20(22)4/h5-11,16,18,23H,12-15,17H2,1-4H3,(H,27,32). The average Bonchev–Trinajstić information content (AvgIpc) is 3.22. The number of ether oxygens (including phenoxy) is 1. The Morgan fingerprint density at radius 2 is 1.82 bits per heavy atom. The second-order valence-electron chi connectivity index (χ2n) is 9.10. The fourth-order valence-corrected chi connectivity index (χ4v) is 5.01. The summed E-state index contributed by atoms with van der Waals surface area (Å²) in [5.74, 6) is 1.19. The van der Waals surface area contributed by atoms with Crippen molar-refractivity contribution in [3.8, 4) is 0 Å². The van der Waals surface area contributed by atoms with Crippen LogP contribution in [0.5, 0.6) is 0 Å². The predicted octanol–water partition coefficient (Wildman–Crippen LogP) is 4.86. The molecule has 1 aromatic heterocycles. The van der Waals surface area contributed by atoms with E-state index in [0.717, 1.165) is 53.1 Å². The summed E-state index contributed by atoms with van der Waals surface area (Å²) in [6.07, 6.45) is 0. The van der Waals surface area contributed by atoms with Crippen molar-refractivity contribution in [1.82, 2.24) is 14.8 Å². The van der Waals surface area contributed by atoms with E-state index in [1.165, 1.54) is 11.8 Å². The first kappa shape index (κ1) is 24.3. The predicted molar refractivity (Wildman–Crippen MR) is 137 cm³/mol. The largest absolute Gasteiger partial charge is 0.378 e. The first-order valence-electron chi connectivity index (χ1n) is 11.8. The van der Waals surface area contributed by atoms with Crippen LogP contribution in [-0.2, 0) is 16.1 Å². The number of hydrogen-bond donors (Lipinski definition) is 1. The molecule has 1 unspecified atom stereocenters. The number of morpholine rings is 1. The van der Waals surface area contributed by atoms with Crippen molar-refractivity contribution >= 4 is 29.3 Å². The molecule has 0 spiro atoms. The Hall–Kier alpha value is -2.84. The van der Waals surface area contributed by atoms with E-state index in [0.29, 0.717) is 19.1 Å². The molecule has 1 saturated heterocycles. The summed E-state index contributed by atoms with van der Waals surface area (Å²) in [4.78, 5) is 15.8. The number of aromatic nitrogens is 3. The van der Waals surface area contributed by atoms with E-state index >= 15 is 0 Å². The Balaban J connectivity index is 1.66. The minimum absolute atomic E-state index is 0.0723. The van der Waals surface area contributed by atoms with Gasteiger partial charge in [-0.15, -0.1) is 10.2 Å². The number of carbonyl (C=O) groups excluding carboxylic acids is 1. The molecule has 1 aliphatic heterocycles. The number of hydrogen-bond acceptors (Lipinski definition) is 6. The fourth-order valence-electron chi connectivity index (χ4n) is 3.97. The first-order chi connectivity index (χ1) is 16.4. The van der Waals surface area contributed by atoms with Gasteiger partial charge in [0.2, 0.25) is 11.9 Å². The smallest absolute Gasteiger partial charge is 0.242 e. The minimum atomic E-state index is -0.464. The third-order valence-electron chi connectivity index (χ3n) is 5.75. The van der Waals surface area contributed by atoms with E-state index in [1.807, 2.05) is 56.3 Å². The SMILES string of the molecule is Cc1ccc(C)c(NC(=O)C(Sc2nnc(N3CCOCC3)n2CC(C)C)c2ccccc2)c1. The van der Waals surface area contributed by atoms with Gasteiger partial charge in [-0.1, -0.05) is 68.1 Å². The van der Waals surface area contributed by atoms with E-state index in [9.17, 15) is 4.79 Å². The van der Waals surface area contributed by atoms with Gasteiger partial charge in [-0.25, -0.2) is 0 Å². The molecule has 1 fully saturated rings. The third-order valence-corrected chi connectivity index (χ3v) is 6.99. The Morgan fingerprint density at radius 1 is 1.09 bits per heavy atom. The first-order valence-corrected chi connectivity index (χ1v) is 12.7. The zero-order valence-corrected chi connectivity index (χ0v) is 21.1. The molecule has 180 valence electrons. The van der Waals surface area contributed by atoms with Crippen LogP contribution < -0.4 is 10.2 Å². The lowest BCUT2D eigenvalue weighted by atomic mass is 10.1. The lowest BCUT2D eigenvalue weighted by molar-refractivity contribution is -0.115. The minimum Gasteiger partial charge on any atom is -0.378 e. The number of rotatable bonds is 8. The molecule has 0 saturated carbocycles. The molecule has 2 heterocycles. The molecule has 0 bridgehead atoms. The quantitative estimate of drug-likeness (QED) is 0.465. The summed E-state index contributed by atoms with van der Waals surface area (Å²) >= 11 is 1.45. The Morgan fingerprint density at radius 3 is 2.53 bits per heavy atom. The summed E-state index contributed by atoms with van der Waals surface area (Å²) in [5, 5.41) is 12.5. The van der Waals surface area contributed by atoms with Gasteiger partial charge in [0.15, 0.2) is 5.16 Å². The fraction of sp³-hybridized carbons (Fsp3) is 0.423. The van der Waals surface area contributed by atoms with Crippen LogP contribution in [0.15, 0.2) is 53.7 Å². The molecular formula is C26H33N5O2S. The average molecular weight is 480 g/mol. The highest BCUT2D eigenvalue weighted by molar-refractivity contribution is 8.00. The number of aryl methyl sites for hydroxylation is 2. The van der Waals surface area contributed by atoms with Gasteiger partial charge >= 0.3 is 0 Å². The lowest BCUT2D eigenvalue weighted by Crippen LogP contribution is -2.38. The van der Waals surface area contributed by atoms with Gasteiger partial charge in [0.05, 0.1) is 13.2 Å². The maximum atomic E-state index is 13.6. The van der Waals surface area contributed by atoms with Crippen LogP contribution in [0.3, 0.4) is 0 Å². The monoisotopic (exact) mass is 479 g/mol. The highest BCUT2D eigenvalue weighted by Crippen LogP contribution is 2.37. The number of benzene rings is 2. The van der Waals surface area contributed by atoms with Crippen molar-refractivity contribution in [1.29, 1.82) is 0 Å². The van der Waals surface area contributed by atoms with E-state index in [2.05, 4.69) is 44.9 Å². The van der Waals surface area contributed by atoms with Crippen molar-refractivity contribution in [3.05, 3.63) is 65.2 Å². The molecule has 34 heavy (non-hydrogen) atoms. The van der Waals surface area contributed by atoms with Gasteiger partial charge < -0.3 is 15.0 Å². The van der Waals surface area contributed by atoms with Gasteiger partial charge in [-0.2, -0.15) is 0 Å². The lowest BCUT2D eigenvalue weighted by Gasteiger charge is -2.28. The van der Waals surface area contributed by atoms with Crippen LogP contribution in [0.1, 0.15) is 35.8 Å². The highest BCUT2D eigenvalue weighted by atomic mass is 32.2. The molecule has 7 nitrogen and oxygen atoms in total. The van der Waals surface area contributed by atoms with Crippen LogP contribution in [0.4, 0.5) is 11.6 Å². The summed E-state index contributed by atoms with van der Waals surface area (Å²) in [6.45, 7) is 12.1. The van der Waals surface area contributed by atoms with E-state index < -0.39 is 5.25 Å². The molecule has 1 atom stereocenters. The topological polar surface area (TPSA) is 72.3 Å². The highest BCUT2D eigenvalue weighted by Gasteiger charge is 2.28.